The van der Waals surface area contributed by atoms with Gasteiger partial charge in [-0.3, -0.25) is 0 Å². The van der Waals surface area contributed by atoms with Gasteiger partial charge in [0.25, 0.3) is 0 Å². The van der Waals surface area contributed by atoms with Crippen molar-refractivity contribution in [2.24, 2.45) is 0 Å². The Morgan fingerprint density at radius 3 is 0.509 bits per heavy atom. The maximum atomic E-state index is 2.54. The molecule has 1 spiro atoms. The van der Waals surface area contributed by atoms with Crippen molar-refractivity contribution >= 4 is 65.4 Å². The molecule has 0 N–H and O–H groups in total. The van der Waals surface area contributed by atoms with Gasteiger partial charge in [-0.15, -0.1) is 0 Å². The van der Waals surface area contributed by atoms with Crippen LogP contribution in [0.2, 0.25) is 0 Å². The Labute approximate surface area is 670 Å². The van der Waals surface area contributed by atoms with Crippen molar-refractivity contribution in [2.45, 2.75) is 223 Å². The molecule has 2 aliphatic rings. The van der Waals surface area contributed by atoms with Crippen LogP contribution in [0.3, 0.4) is 0 Å². The third-order valence-electron chi connectivity index (χ3n) is 22.2. The van der Waals surface area contributed by atoms with Gasteiger partial charge in [-0.2, -0.15) is 0 Å². The molecule has 0 atom stereocenters. The third-order valence-corrected chi connectivity index (χ3v) is 22.2. The normalized spacial score (nSPS) is 12.5. The summed E-state index contributed by atoms with van der Waals surface area (Å²) < 4.78 is 0. The SMILES string of the molecule is CC(C)c1ccc(C(=C(c2ccc(C(C)C)cc2)c2ccc(C(C)C)cc2)c2ccc(C(C)C)cc2)cc1.CC(C)c1ccc(N(c2ccc(C(C)C)cc2)c2ccc(C(C)C)cc2)cc1.CC(C)c1ccc2c(c1)C1(c3cc(C(C)C)ccc3-2)c2cc(C(C)C)ccc2-c2ccc(C(C)C)cc21.I[I-]I. The molecule has 1 nitrogen and oxygen atoms in total. The van der Waals surface area contributed by atoms with E-state index in [0.29, 0.717) is 78.4 Å². The van der Waals surface area contributed by atoms with Crippen LogP contribution in [0.1, 0.15) is 323 Å². The summed E-state index contributed by atoms with van der Waals surface area (Å²) in [4.78, 5) is 2.35. The summed E-state index contributed by atoms with van der Waals surface area (Å²) >= 11 is 5.30. The van der Waals surface area contributed by atoms with E-state index in [-0.39, 0.29) is 5.41 Å². The van der Waals surface area contributed by atoms with Crippen molar-refractivity contribution in [1.29, 1.82) is 0 Å². The summed E-state index contributed by atoms with van der Waals surface area (Å²) in [6.45, 7) is 50.0. The number of halogens is 3. The first kappa shape index (κ1) is 81.7. The first-order valence-corrected chi connectivity index (χ1v) is 51.9. The zero-order chi connectivity index (χ0) is 76.6. The first-order valence-electron chi connectivity index (χ1n) is 39.3. The molecule has 0 aliphatic heterocycles. The summed E-state index contributed by atoms with van der Waals surface area (Å²) in [7, 11) is 0. The quantitative estimate of drug-likeness (QED) is 0.0611. The molecule has 0 bridgehead atoms. The van der Waals surface area contributed by atoms with E-state index in [2.05, 4.69) is 437 Å². The molecule has 0 aromatic heterocycles. The molecule has 0 heterocycles. The second-order valence-corrected chi connectivity index (χ2v) is 49.3. The van der Waals surface area contributed by atoms with Crippen molar-refractivity contribution in [3.05, 3.63) is 348 Å². The standard InChI is InChI=1S/C38H44.C37H40.C27H33N.I3/c1-25(2)29-9-17-33(18-10-29)37(34-19-11-30(12-20-34)26(3)4)38(35-21-13-31(14-22-35)27(5)6)36-23-15-32(16-24-36)28(7)8;1-21(2)25-9-13-29-30-14-10-26(22(3)4)18-34(30)37(33(29)17-25)35-19-27(23(5)6)11-15-31(35)32-16-12-28(24(7)8)20-36(32)37;1-19(2)22-7-13-25(14-8-22)28(26-15-9-23(10-16-26)20(3)4)27-17-11-24(12-18-27)21(5)6;1-3-2/h9-28H,1-8H3;9-24H,1-8H3;7-21H,1-6H3;/q;;;-1. The molecule has 106 heavy (non-hydrogen) atoms. The Hall–Kier alpha value is -6.85. The van der Waals surface area contributed by atoms with Crippen molar-refractivity contribution in [3.8, 4) is 22.3 Å². The summed E-state index contributed by atoms with van der Waals surface area (Å²) in [6.07, 6.45) is 0. The molecular weight excluding hydrogens is 1620 g/mol. The Morgan fingerprint density at radius 1 is 0.217 bits per heavy atom. The van der Waals surface area contributed by atoms with E-state index in [1.807, 2.05) is 0 Å². The molecule has 2 aliphatic carbocycles. The minimum atomic E-state index is -0.277. The topological polar surface area (TPSA) is 3.24 Å². The molecule has 0 radical (unpaired) electrons. The molecular formula is C102H117I3N-. The van der Waals surface area contributed by atoms with Crippen molar-refractivity contribution < 1.29 is 13.3 Å². The third kappa shape index (κ3) is 18.0. The second-order valence-electron chi connectivity index (χ2n) is 33.1. The molecule has 552 valence electrons. The molecule has 0 saturated heterocycles. The molecule has 11 aromatic rings. The van der Waals surface area contributed by atoms with Gasteiger partial charge >= 0.3 is 50.5 Å². The van der Waals surface area contributed by atoms with E-state index >= 15 is 0 Å². The van der Waals surface area contributed by atoms with E-state index in [9.17, 15) is 0 Å². The average molecular weight is 1740 g/mol. The number of nitrogens with zero attached hydrogens (tertiary/aromatic N) is 1. The number of rotatable bonds is 18. The fraction of sp³-hybridized carbons (Fsp3) is 0.333. The number of hydrogen-bond acceptors (Lipinski definition) is 1. The first-order chi connectivity index (χ1) is 50.6. The van der Waals surface area contributed by atoms with Gasteiger partial charge in [-0.1, -0.05) is 359 Å². The monoisotopic (exact) mass is 1740 g/mol. The van der Waals surface area contributed by atoms with Crippen molar-refractivity contribution in [2.75, 3.05) is 4.90 Å². The van der Waals surface area contributed by atoms with E-state index in [1.54, 1.807) is 0 Å². The van der Waals surface area contributed by atoms with Crippen LogP contribution in [0.5, 0.6) is 0 Å². The predicted octanol–water partition coefficient (Wildman–Crippen LogP) is 29.0. The van der Waals surface area contributed by atoms with Crippen LogP contribution in [0.25, 0.3) is 33.4 Å². The van der Waals surface area contributed by atoms with Crippen molar-refractivity contribution in [3.63, 3.8) is 0 Å². The van der Waals surface area contributed by atoms with Gasteiger partial charge in [0.15, 0.2) is 0 Å². The van der Waals surface area contributed by atoms with Gasteiger partial charge in [0.1, 0.15) is 0 Å². The number of anilines is 3. The Kier molecular flexibility index (Phi) is 27.8. The molecule has 0 unspecified atom stereocenters. The van der Waals surface area contributed by atoms with Crippen LogP contribution >= 0.6 is 37.2 Å². The van der Waals surface area contributed by atoms with Crippen LogP contribution in [0.4, 0.5) is 17.1 Å². The molecule has 4 heteroatoms. The van der Waals surface area contributed by atoms with Gasteiger partial charge in [0.2, 0.25) is 0 Å². The summed E-state index contributed by atoms with van der Waals surface area (Å²) in [5, 5.41) is 0. The van der Waals surface area contributed by atoms with Crippen LogP contribution < -0.4 is 18.2 Å². The van der Waals surface area contributed by atoms with E-state index < -0.39 is 0 Å². The summed E-state index contributed by atoms with van der Waals surface area (Å²) in [5.74, 6) is 5.60. The van der Waals surface area contributed by atoms with E-state index in [0.717, 1.165) is 0 Å². The molecule has 0 saturated carbocycles. The number of fused-ring (bicyclic) bond motifs is 10. The minimum absolute atomic E-state index is 0.277. The fourth-order valence-corrected chi connectivity index (χ4v) is 15.3. The Bertz CT molecular complexity index is 4160. The van der Waals surface area contributed by atoms with Gasteiger partial charge in [-0.05, 0) is 241 Å². The maximum absolute atomic E-state index is 2.54. The molecule has 11 aromatic carbocycles. The van der Waals surface area contributed by atoms with Crippen molar-refractivity contribution in [1.82, 2.24) is 0 Å². The van der Waals surface area contributed by atoms with E-state index in [4.69, 9.17) is 0 Å². The Morgan fingerprint density at radius 2 is 0.358 bits per heavy atom. The second kappa shape index (κ2) is 36.1. The van der Waals surface area contributed by atoms with Gasteiger partial charge in [0, 0.05) is 17.1 Å². The molecule has 0 fully saturated rings. The molecule has 0 amide bonds. The molecule has 13 rings (SSSR count). The number of benzene rings is 11. The van der Waals surface area contributed by atoms with E-state index in [1.165, 1.54) is 156 Å². The van der Waals surface area contributed by atoms with Gasteiger partial charge < -0.3 is 4.90 Å². The van der Waals surface area contributed by atoms with Crippen LogP contribution in [0.15, 0.2) is 243 Å². The average Bonchev–Trinajstić information content (AvgIpc) is 1.50. The number of hydrogen-bond donors (Lipinski definition) is 0. The Balaban J connectivity index is 0.000000169. The van der Waals surface area contributed by atoms with Crippen LogP contribution in [-0.4, -0.2) is 0 Å². The van der Waals surface area contributed by atoms with Crippen LogP contribution in [-0.2, 0) is 5.41 Å². The zero-order valence-electron chi connectivity index (χ0n) is 67.5. The van der Waals surface area contributed by atoms with Crippen LogP contribution in [0, 0.1) is 0 Å². The summed E-state index contributed by atoms with van der Waals surface area (Å²) in [6, 6.07) is 93.0. The summed E-state index contributed by atoms with van der Waals surface area (Å²) in [5.41, 5.74) is 37.6. The predicted molar refractivity (Wildman–Crippen MR) is 478 cm³/mol. The zero-order valence-corrected chi connectivity index (χ0v) is 74.0. The van der Waals surface area contributed by atoms with Gasteiger partial charge in [-0.25, -0.2) is 0 Å². The fourth-order valence-electron chi connectivity index (χ4n) is 15.3. The van der Waals surface area contributed by atoms with Gasteiger partial charge in [0.05, 0.1) is 5.41 Å².